The van der Waals surface area contributed by atoms with Crippen LogP contribution in [0.2, 0.25) is 0 Å². The zero-order chi connectivity index (χ0) is 11.0. The van der Waals surface area contributed by atoms with E-state index in [2.05, 4.69) is 13.8 Å². The van der Waals surface area contributed by atoms with Crippen LogP contribution >= 0.6 is 0 Å². The lowest BCUT2D eigenvalue weighted by Crippen LogP contribution is -2.10. The molecular formula is C12H19NO. The van der Waals surface area contributed by atoms with E-state index in [9.17, 15) is 4.79 Å². The van der Waals surface area contributed by atoms with Crippen LogP contribution < -0.4 is 5.73 Å². The minimum atomic E-state index is -0.361. The number of benzene rings is 1. The van der Waals surface area contributed by atoms with E-state index in [1.165, 1.54) is 6.42 Å². The van der Waals surface area contributed by atoms with Crippen molar-refractivity contribution < 1.29 is 4.79 Å². The number of amides is 1. The summed E-state index contributed by atoms with van der Waals surface area (Å²) < 4.78 is 0. The molecule has 2 nitrogen and oxygen atoms in total. The normalized spacial score (nSPS) is 8.79. The first-order chi connectivity index (χ1) is 6.65. The summed E-state index contributed by atoms with van der Waals surface area (Å²) >= 11 is 0. The van der Waals surface area contributed by atoms with E-state index in [1.807, 2.05) is 25.1 Å². The molecule has 0 unspecified atom stereocenters. The maximum atomic E-state index is 10.7. The second kappa shape index (κ2) is 7.13. The predicted molar refractivity (Wildman–Crippen MR) is 60.3 cm³/mol. The summed E-state index contributed by atoms with van der Waals surface area (Å²) in [5.74, 6) is -0.361. The van der Waals surface area contributed by atoms with Gasteiger partial charge in [-0.3, -0.25) is 4.79 Å². The Balaban J connectivity index is 0.000000500. The highest BCUT2D eigenvalue weighted by molar-refractivity contribution is 5.92. The summed E-state index contributed by atoms with van der Waals surface area (Å²) in [7, 11) is 0. The van der Waals surface area contributed by atoms with E-state index in [0.717, 1.165) is 12.0 Å². The second-order valence-corrected chi connectivity index (χ2v) is 3.13. The van der Waals surface area contributed by atoms with Crippen LogP contribution in [-0.4, -0.2) is 5.91 Å². The van der Waals surface area contributed by atoms with Gasteiger partial charge >= 0.3 is 0 Å². The molecule has 2 N–H and O–H groups in total. The quantitative estimate of drug-likeness (QED) is 0.771. The van der Waals surface area contributed by atoms with Crippen LogP contribution in [0.3, 0.4) is 0 Å². The largest absolute Gasteiger partial charge is 0.366 e. The van der Waals surface area contributed by atoms with Gasteiger partial charge in [-0.2, -0.15) is 0 Å². The summed E-state index contributed by atoms with van der Waals surface area (Å²) in [6, 6.07) is 7.37. The van der Waals surface area contributed by atoms with E-state index < -0.39 is 0 Å². The Kier molecular flexibility index (Phi) is 6.46. The fourth-order valence-corrected chi connectivity index (χ4v) is 0.945. The lowest BCUT2D eigenvalue weighted by molar-refractivity contribution is 0.1000. The first-order valence-corrected chi connectivity index (χ1v) is 5.04. The number of primary amides is 1. The van der Waals surface area contributed by atoms with E-state index >= 15 is 0 Å². The molecule has 1 aromatic rings. The zero-order valence-electron chi connectivity index (χ0n) is 9.21. The number of aryl methyl sites for hydroxylation is 1. The minimum absolute atomic E-state index is 0.361. The van der Waals surface area contributed by atoms with Crippen molar-refractivity contribution in [2.45, 2.75) is 33.6 Å². The maximum Gasteiger partial charge on any atom is 0.248 e. The Morgan fingerprint density at radius 1 is 1.29 bits per heavy atom. The van der Waals surface area contributed by atoms with Crippen molar-refractivity contribution in [2.24, 2.45) is 5.73 Å². The molecule has 0 aliphatic heterocycles. The third-order valence-electron chi connectivity index (χ3n) is 1.62. The number of hydrogen-bond donors (Lipinski definition) is 1. The van der Waals surface area contributed by atoms with Gasteiger partial charge in [0.1, 0.15) is 0 Å². The lowest BCUT2D eigenvalue weighted by atomic mass is 10.1. The SMILES string of the molecule is CCC.CCc1cccc(C(N)=O)c1. The van der Waals surface area contributed by atoms with Crippen LogP contribution in [0.5, 0.6) is 0 Å². The number of carbonyl (C=O) groups is 1. The minimum Gasteiger partial charge on any atom is -0.366 e. The number of carbonyl (C=O) groups excluding carboxylic acids is 1. The first-order valence-electron chi connectivity index (χ1n) is 5.04. The van der Waals surface area contributed by atoms with Crippen LogP contribution in [-0.2, 0) is 6.42 Å². The monoisotopic (exact) mass is 193 g/mol. The molecule has 0 aromatic heterocycles. The fraction of sp³-hybridized carbons (Fsp3) is 0.417. The van der Waals surface area contributed by atoms with Crippen LogP contribution in [0.1, 0.15) is 43.1 Å². The summed E-state index contributed by atoms with van der Waals surface area (Å²) in [6.45, 7) is 6.29. The van der Waals surface area contributed by atoms with Crippen LogP contribution in [0, 0.1) is 0 Å². The number of rotatable bonds is 2. The van der Waals surface area contributed by atoms with Gasteiger partial charge in [0.15, 0.2) is 0 Å². The molecule has 0 spiro atoms. The predicted octanol–water partition coefficient (Wildman–Crippen LogP) is 2.76. The van der Waals surface area contributed by atoms with Gasteiger partial charge in [-0.25, -0.2) is 0 Å². The van der Waals surface area contributed by atoms with Crippen molar-refractivity contribution in [2.75, 3.05) is 0 Å². The molecule has 1 rings (SSSR count). The van der Waals surface area contributed by atoms with Gasteiger partial charge in [0.2, 0.25) is 5.91 Å². The molecule has 14 heavy (non-hydrogen) atoms. The molecule has 0 aliphatic carbocycles. The van der Waals surface area contributed by atoms with Crippen LogP contribution in [0.25, 0.3) is 0 Å². The van der Waals surface area contributed by atoms with Gasteiger partial charge in [0, 0.05) is 5.56 Å². The molecular weight excluding hydrogens is 174 g/mol. The summed E-state index contributed by atoms with van der Waals surface area (Å²) in [5.41, 5.74) is 6.83. The molecule has 0 fully saturated rings. The van der Waals surface area contributed by atoms with Gasteiger partial charge in [0.25, 0.3) is 0 Å². The second-order valence-electron chi connectivity index (χ2n) is 3.13. The standard InChI is InChI=1S/C9H11NO.C3H8/c1-2-7-4-3-5-8(6-7)9(10)11;1-3-2/h3-6H,2H2,1H3,(H2,10,11);3H2,1-2H3. The van der Waals surface area contributed by atoms with Gasteiger partial charge in [-0.1, -0.05) is 39.3 Å². The Morgan fingerprint density at radius 3 is 2.29 bits per heavy atom. The Labute approximate surface area is 86.1 Å². The van der Waals surface area contributed by atoms with E-state index in [-0.39, 0.29) is 5.91 Å². The molecule has 0 atom stereocenters. The molecule has 0 saturated heterocycles. The van der Waals surface area contributed by atoms with Gasteiger partial charge < -0.3 is 5.73 Å². The third-order valence-corrected chi connectivity index (χ3v) is 1.62. The van der Waals surface area contributed by atoms with Crippen molar-refractivity contribution >= 4 is 5.91 Å². The average Bonchev–Trinajstić information content (AvgIpc) is 2.19. The summed E-state index contributed by atoms with van der Waals surface area (Å²) in [4.78, 5) is 10.7. The van der Waals surface area contributed by atoms with Crippen molar-refractivity contribution in [3.8, 4) is 0 Å². The number of nitrogens with two attached hydrogens (primary N) is 1. The highest BCUT2D eigenvalue weighted by atomic mass is 16.1. The maximum absolute atomic E-state index is 10.7. The Bertz CT molecular complexity index is 281. The lowest BCUT2D eigenvalue weighted by Gasteiger charge is -1.97. The van der Waals surface area contributed by atoms with Crippen molar-refractivity contribution in [3.05, 3.63) is 35.4 Å². The third kappa shape index (κ3) is 4.65. The molecule has 78 valence electrons. The van der Waals surface area contributed by atoms with Gasteiger partial charge in [0.05, 0.1) is 0 Å². The topological polar surface area (TPSA) is 43.1 Å². The summed E-state index contributed by atoms with van der Waals surface area (Å²) in [5, 5.41) is 0. The van der Waals surface area contributed by atoms with E-state index in [0.29, 0.717) is 5.56 Å². The van der Waals surface area contributed by atoms with Crippen molar-refractivity contribution in [1.29, 1.82) is 0 Å². The fourth-order valence-electron chi connectivity index (χ4n) is 0.945. The van der Waals surface area contributed by atoms with Crippen molar-refractivity contribution in [3.63, 3.8) is 0 Å². The molecule has 0 saturated carbocycles. The molecule has 2 heteroatoms. The average molecular weight is 193 g/mol. The highest BCUT2D eigenvalue weighted by Crippen LogP contribution is 2.04. The molecule has 0 radical (unpaired) electrons. The Morgan fingerprint density at radius 2 is 1.86 bits per heavy atom. The summed E-state index contributed by atoms with van der Waals surface area (Å²) in [6.07, 6.45) is 2.18. The molecule has 0 heterocycles. The highest BCUT2D eigenvalue weighted by Gasteiger charge is 1.98. The van der Waals surface area contributed by atoms with Crippen LogP contribution in [0.15, 0.2) is 24.3 Å². The van der Waals surface area contributed by atoms with E-state index in [4.69, 9.17) is 5.73 Å². The Hall–Kier alpha value is -1.31. The first kappa shape index (κ1) is 12.7. The molecule has 1 aromatic carbocycles. The smallest absolute Gasteiger partial charge is 0.248 e. The van der Waals surface area contributed by atoms with Gasteiger partial charge in [-0.15, -0.1) is 0 Å². The van der Waals surface area contributed by atoms with E-state index in [1.54, 1.807) is 6.07 Å². The molecule has 1 amide bonds. The zero-order valence-corrected chi connectivity index (χ0v) is 9.21. The van der Waals surface area contributed by atoms with Crippen LogP contribution in [0.4, 0.5) is 0 Å². The van der Waals surface area contributed by atoms with Crippen molar-refractivity contribution in [1.82, 2.24) is 0 Å². The number of hydrogen-bond acceptors (Lipinski definition) is 1. The molecule has 0 aliphatic rings. The molecule has 0 bridgehead atoms. The van der Waals surface area contributed by atoms with Gasteiger partial charge in [-0.05, 0) is 24.1 Å².